The second-order valence-corrected chi connectivity index (χ2v) is 6.28. The molecule has 0 bridgehead atoms. The molecular formula is C21H24N4O. The van der Waals surface area contributed by atoms with Crippen LogP contribution >= 0.6 is 0 Å². The molecule has 4 N–H and O–H groups in total. The Labute approximate surface area is 153 Å². The summed E-state index contributed by atoms with van der Waals surface area (Å²) in [5, 5.41) is 0. The number of hydrogen-bond donors (Lipinski definition) is 2. The summed E-state index contributed by atoms with van der Waals surface area (Å²) in [6, 6.07) is 17.6. The number of ether oxygens (including phenoxy) is 1. The van der Waals surface area contributed by atoms with Crippen molar-refractivity contribution in [1.82, 2.24) is 9.55 Å². The van der Waals surface area contributed by atoms with Crippen LogP contribution in [0.5, 0.6) is 11.5 Å². The van der Waals surface area contributed by atoms with Crippen molar-refractivity contribution >= 4 is 6.20 Å². The molecule has 2 aromatic carbocycles. The van der Waals surface area contributed by atoms with Crippen molar-refractivity contribution in [2.45, 2.75) is 26.3 Å². The van der Waals surface area contributed by atoms with Crippen LogP contribution in [0.1, 0.15) is 31.3 Å². The molecule has 1 heterocycles. The number of benzene rings is 2. The van der Waals surface area contributed by atoms with E-state index in [1.165, 1.54) is 6.20 Å². The van der Waals surface area contributed by atoms with Crippen LogP contribution in [0.25, 0.3) is 17.5 Å². The van der Waals surface area contributed by atoms with Gasteiger partial charge < -0.3 is 20.8 Å². The van der Waals surface area contributed by atoms with E-state index >= 15 is 0 Å². The topological polar surface area (TPSA) is 79.1 Å². The van der Waals surface area contributed by atoms with E-state index in [1.807, 2.05) is 59.2 Å². The van der Waals surface area contributed by atoms with E-state index in [9.17, 15) is 0 Å². The highest BCUT2D eigenvalue weighted by molar-refractivity contribution is 5.65. The number of nitrogens with zero attached hydrogens (tertiary/aromatic N) is 2. The molecule has 0 atom stereocenters. The first-order valence-corrected chi connectivity index (χ1v) is 8.66. The second kappa shape index (κ2) is 7.89. The summed E-state index contributed by atoms with van der Waals surface area (Å²) in [5.41, 5.74) is 14.4. The Hall–Kier alpha value is -3.05. The lowest BCUT2D eigenvalue weighted by Crippen LogP contribution is -2.07. The third-order valence-corrected chi connectivity index (χ3v) is 4.09. The van der Waals surface area contributed by atoms with E-state index in [4.69, 9.17) is 21.2 Å². The minimum atomic E-state index is 0.255. The van der Waals surface area contributed by atoms with Gasteiger partial charge in [-0.15, -0.1) is 0 Å². The first-order chi connectivity index (χ1) is 12.6. The molecule has 134 valence electrons. The number of aromatic nitrogens is 2. The van der Waals surface area contributed by atoms with Crippen molar-refractivity contribution in [3.05, 3.63) is 72.3 Å². The Kier molecular flexibility index (Phi) is 5.39. The molecular weight excluding hydrogens is 324 g/mol. The second-order valence-electron chi connectivity index (χ2n) is 6.28. The summed E-state index contributed by atoms with van der Waals surface area (Å²) in [6.07, 6.45) is 3.31. The van der Waals surface area contributed by atoms with Crippen LogP contribution in [-0.4, -0.2) is 9.55 Å². The first kappa shape index (κ1) is 17.8. The zero-order valence-electron chi connectivity index (χ0n) is 15.1. The molecule has 0 spiro atoms. The molecule has 0 amide bonds. The molecule has 0 aliphatic rings. The maximum atomic E-state index is 6.00. The maximum Gasteiger partial charge on any atom is 0.127 e. The third-order valence-electron chi connectivity index (χ3n) is 4.09. The lowest BCUT2D eigenvalue weighted by atomic mass is 10.1. The molecule has 0 unspecified atom stereocenters. The Balaban J connectivity index is 1.95. The van der Waals surface area contributed by atoms with Gasteiger partial charge in [0.25, 0.3) is 0 Å². The fourth-order valence-corrected chi connectivity index (χ4v) is 2.88. The molecule has 0 saturated carbocycles. The van der Waals surface area contributed by atoms with Gasteiger partial charge in [0.2, 0.25) is 0 Å². The zero-order valence-corrected chi connectivity index (χ0v) is 15.1. The van der Waals surface area contributed by atoms with Crippen LogP contribution in [0.15, 0.2) is 60.8 Å². The van der Waals surface area contributed by atoms with Crippen LogP contribution < -0.4 is 16.2 Å². The van der Waals surface area contributed by atoms with Gasteiger partial charge in [-0.05, 0) is 36.4 Å². The number of imidazole rings is 1. The molecule has 0 aliphatic carbocycles. The van der Waals surface area contributed by atoms with Gasteiger partial charge >= 0.3 is 0 Å². The van der Waals surface area contributed by atoms with Gasteiger partial charge in [0.15, 0.2) is 0 Å². The smallest absolute Gasteiger partial charge is 0.127 e. The van der Waals surface area contributed by atoms with Gasteiger partial charge in [0.1, 0.15) is 17.3 Å². The van der Waals surface area contributed by atoms with E-state index in [0.717, 1.165) is 34.3 Å². The van der Waals surface area contributed by atoms with Crippen molar-refractivity contribution in [2.24, 2.45) is 11.5 Å². The highest BCUT2D eigenvalue weighted by atomic mass is 16.5. The van der Waals surface area contributed by atoms with Gasteiger partial charge in [0.05, 0.1) is 11.4 Å². The normalized spacial score (nSPS) is 11.4. The summed E-state index contributed by atoms with van der Waals surface area (Å²) in [4.78, 5) is 4.82. The number of rotatable bonds is 6. The number of hydrogen-bond acceptors (Lipinski definition) is 4. The third kappa shape index (κ3) is 3.63. The molecule has 0 fully saturated rings. The van der Waals surface area contributed by atoms with E-state index in [-0.39, 0.29) is 5.92 Å². The monoisotopic (exact) mass is 348 g/mol. The van der Waals surface area contributed by atoms with Gasteiger partial charge in [-0.25, -0.2) is 4.98 Å². The van der Waals surface area contributed by atoms with Crippen LogP contribution in [0.2, 0.25) is 0 Å². The van der Waals surface area contributed by atoms with Crippen LogP contribution in [-0.2, 0) is 6.54 Å². The molecule has 5 nitrogen and oxygen atoms in total. The highest BCUT2D eigenvalue weighted by Crippen LogP contribution is 2.30. The molecule has 26 heavy (non-hydrogen) atoms. The predicted molar refractivity (Wildman–Crippen MR) is 106 cm³/mol. The Bertz CT molecular complexity index is 880. The summed E-state index contributed by atoms with van der Waals surface area (Å²) >= 11 is 0. The standard InChI is InChI=1S/C21H24N4O/c1-15(2)21-24-20(19(14-23)25(21)13-12-22)16-8-10-18(11-9-16)26-17-6-4-3-5-7-17/h3-13,15H,14,22-23H2,1-2H3/b13-12-. The number of para-hydroxylation sites is 1. The Morgan fingerprint density at radius 3 is 2.27 bits per heavy atom. The van der Waals surface area contributed by atoms with Crippen molar-refractivity contribution in [3.8, 4) is 22.8 Å². The molecule has 0 aliphatic heterocycles. The summed E-state index contributed by atoms with van der Waals surface area (Å²) in [5.74, 6) is 2.78. The van der Waals surface area contributed by atoms with E-state index in [1.54, 1.807) is 6.20 Å². The fraction of sp³-hybridized carbons (Fsp3) is 0.190. The lowest BCUT2D eigenvalue weighted by molar-refractivity contribution is 0.483. The summed E-state index contributed by atoms with van der Waals surface area (Å²) in [7, 11) is 0. The quantitative estimate of drug-likeness (QED) is 0.695. The van der Waals surface area contributed by atoms with Gasteiger partial charge in [-0.3, -0.25) is 0 Å². The maximum absolute atomic E-state index is 6.00. The zero-order chi connectivity index (χ0) is 18.5. The van der Waals surface area contributed by atoms with Crippen molar-refractivity contribution in [3.63, 3.8) is 0 Å². The average molecular weight is 348 g/mol. The molecule has 0 saturated heterocycles. The largest absolute Gasteiger partial charge is 0.457 e. The van der Waals surface area contributed by atoms with Crippen molar-refractivity contribution in [1.29, 1.82) is 0 Å². The first-order valence-electron chi connectivity index (χ1n) is 8.66. The van der Waals surface area contributed by atoms with Crippen molar-refractivity contribution in [2.75, 3.05) is 0 Å². The Morgan fingerprint density at radius 1 is 1.04 bits per heavy atom. The van der Waals surface area contributed by atoms with Crippen LogP contribution in [0.3, 0.4) is 0 Å². The lowest BCUT2D eigenvalue weighted by Gasteiger charge is -2.08. The molecule has 1 aromatic heterocycles. The highest BCUT2D eigenvalue weighted by Gasteiger charge is 2.18. The number of nitrogens with two attached hydrogens (primary N) is 2. The van der Waals surface area contributed by atoms with Crippen molar-refractivity contribution < 1.29 is 4.74 Å². The molecule has 3 rings (SSSR count). The van der Waals surface area contributed by atoms with Crippen LogP contribution in [0, 0.1) is 0 Å². The van der Waals surface area contributed by atoms with Crippen LogP contribution in [0.4, 0.5) is 0 Å². The molecule has 0 radical (unpaired) electrons. The van der Waals surface area contributed by atoms with Gasteiger partial charge in [-0.2, -0.15) is 0 Å². The summed E-state index contributed by atoms with van der Waals surface area (Å²) in [6.45, 7) is 4.58. The van der Waals surface area contributed by atoms with Gasteiger partial charge in [0, 0.05) is 30.4 Å². The van der Waals surface area contributed by atoms with E-state index in [0.29, 0.717) is 6.54 Å². The fourth-order valence-electron chi connectivity index (χ4n) is 2.88. The molecule has 3 aromatic rings. The molecule has 5 heteroatoms. The summed E-state index contributed by atoms with van der Waals surface area (Å²) < 4.78 is 7.83. The Morgan fingerprint density at radius 2 is 1.69 bits per heavy atom. The minimum absolute atomic E-state index is 0.255. The van der Waals surface area contributed by atoms with E-state index < -0.39 is 0 Å². The van der Waals surface area contributed by atoms with E-state index in [2.05, 4.69) is 13.8 Å². The van der Waals surface area contributed by atoms with Gasteiger partial charge in [-0.1, -0.05) is 32.0 Å². The SMILES string of the molecule is CC(C)c1nc(-c2ccc(Oc3ccccc3)cc2)c(CN)n1/C=C\N. The average Bonchev–Trinajstić information content (AvgIpc) is 3.02. The predicted octanol–water partition coefficient (Wildman–Crippen LogP) is 4.31. The minimum Gasteiger partial charge on any atom is -0.457 e.